The number of cyclic esters (lactones) is 1. The van der Waals surface area contributed by atoms with E-state index in [1.165, 1.54) is 4.31 Å². The maximum atomic E-state index is 13.7. The number of hydrogen-bond acceptors (Lipinski definition) is 4. The average molecular weight is 407 g/mol. The summed E-state index contributed by atoms with van der Waals surface area (Å²) >= 11 is 0. The molecule has 0 aliphatic carbocycles. The lowest BCUT2D eigenvalue weighted by atomic mass is 9.90. The molecule has 29 heavy (non-hydrogen) atoms. The molecule has 0 spiro atoms. The van der Waals surface area contributed by atoms with E-state index in [0.29, 0.717) is 25.8 Å². The Kier molecular flexibility index (Phi) is 4.41. The van der Waals surface area contributed by atoms with Crippen molar-refractivity contribution in [2.24, 2.45) is 0 Å². The molecule has 5 rings (SSSR count). The zero-order valence-electron chi connectivity index (χ0n) is 15.8. The molecule has 6 heteroatoms. The van der Waals surface area contributed by atoms with E-state index in [0.717, 1.165) is 21.9 Å². The van der Waals surface area contributed by atoms with Crippen molar-refractivity contribution < 1.29 is 17.9 Å². The number of sulfonamides is 1. The van der Waals surface area contributed by atoms with E-state index in [-0.39, 0.29) is 10.9 Å². The topological polar surface area (TPSA) is 63.7 Å². The molecule has 0 N–H and O–H groups in total. The van der Waals surface area contributed by atoms with Crippen LogP contribution in [0.2, 0.25) is 0 Å². The van der Waals surface area contributed by atoms with Crippen LogP contribution in [0.5, 0.6) is 0 Å². The zero-order chi connectivity index (χ0) is 20.0. The summed E-state index contributed by atoms with van der Waals surface area (Å²) in [5.74, 6) is -0.263. The first kappa shape index (κ1) is 18.3. The molecule has 2 heterocycles. The Bertz CT molecular complexity index is 1200. The van der Waals surface area contributed by atoms with Gasteiger partial charge in [-0.05, 0) is 46.9 Å². The second kappa shape index (κ2) is 6.97. The number of carbonyl (C=O) groups excluding carboxylic acids is 1. The molecular weight excluding hydrogens is 386 g/mol. The van der Waals surface area contributed by atoms with Crippen LogP contribution in [0.25, 0.3) is 10.8 Å². The van der Waals surface area contributed by atoms with E-state index in [2.05, 4.69) is 0 Å². The van der Waals surface area contributed by atoms with Crippen molar-refractivity contribution in [2.45, 2.75) is 36.3 Å². The van der Waals surface area contributed by atoms with Gasteiger partial charge in [-0.3, -0.25) is 4.79 Å². The molecule has 0 saturated carbocycles. The third-order valence-corrected chi connectivity index (χ3v) is 7.76. The van der Waals surface area contributed by atoms with E-state index in [9.17, 15) is 13.2 Å². The summed E-state index contributed by atoms with van der Waals surface area (Å²) in [6.45, 7) is 0.366. The van der Waals surface area contributed by atoms with Gasteiger partial charge >= 0.3 is 5.97 Å². The van der Waals surface area contributed by atoms with Gasteiger partial charge in [0.1, 0.15) is 6.10 Å². The summed E-state index contributed by atoms with van der Waals surface area (Å²) in [5, 5.41) is 1.88. The maximum absolute atomic E-state index is 13.7. The van der Waals surface area contributed by atoms with E-state index < -0.39 is 22.2 Å². The molecule has 3 aromatic carbocycles. The number of carbonyl (C=O) groups is 1. The van der Waals surface area contributed by atoms with Gasteiger partial charge in [-0.2, -0.15) is 4.31 Å². The first-order valence-electron chi connectivity index (χ1n) is 9.82. The number of nitrogens with zero attached hydrogens (tertiary/aromatic N) is 1. The smallest absolute Gasteiger partial charge is 0.306 e. The molecule has 3 aromatic rings. The monoisotopic (exact) mass is 407 g/mol. The van der Waals surface area contributed by atoms with Crippen LogP contribution < -0.4 is 0 Å². The molecule has 0 unspecified atom stereocenters. The van der Waals surface area contributed by atoms with Crippen LogP contribution in [0.4, 0.5) is 0 Å². The molecule has 2 atom stereocenters. The van der Waals surface area contributed by atoms with Crippen molar-refractivity contribution in [3.63, 3.8) is 0 Å². The number of benzene rings is 3. The molecule has 2 aliphatic rings. The molecular formula is C23H21NO4S. The Morgan fingerprint density at radius 3 is 2.45 bits per heavy atom. The number of ether oxygens (including phenoxy) is 1. The first-order chi connectivity index (χ1) is 14.0. The third kappa shape index (κ3) is 3.12. The van der Waals surface area contributed by atoms with E-state index in [4.69, 9.17) is 4.74 Å². The predicted molar refractivity (Wildman–Crippen MR) is 110 cm³/mol. The Labute approximate surface area is 170 Å². The minimum Gasteiger partial charge on any atom is -0.460 e. The Hall–Kier alpha value is -2.70. The molecule has 1 fully saturated rings. The van der Waals surface area contributed by atoms with E-state index >= 15 is 0 Å². The van der Waals surface area contributed by atoms with Gasteiger partial charge in [0.25, 0.3) is 0 Å². The number of hydrogen-bond donors (Lipinski definition) is 0. The first-order valence-corrected chi connectivity index (χ1v) is 11.3. The fourth-order valence-corrected chi connectivity index (χ4v) is 6.13. The van der Waals surface area contributed by atoms with Gasteiger partial charge in [-0.25, -0.2) is 8.42 Å². The van der Waals surface area contributed by atoms with Crippen molar-refractivity contribution in [1.29, 1.82) is 0 Å². The number of rotatable bonds is 3. The molecule has 5 nitrogen and oxygen atoms in total. The quantitative estimate of drug-likeness (QED) is 0.619. The fourth-order valence-electron chi connectivity index (χ4n) is 4.46. The lowest BCUT2D eigenvalue weighted by Gasteiger charge is -2.38. The van der Waals surface area contributed by atoms with Crippen molar-refractivity contribution in [1.82, 2.24) is 4.31 Å². The highest BCUT2D eigenvalue weighted by atomic mass is 32.2. The maximum Gasteiger partial charge on any atom is 0.306 e. The van der Waals surface area contributed by atoms with Gasteiger partial charge in [0, 0.05) is 13.0 Å². The summed E-state index contributed by atoms with van der Waals surface area (Å²) in [6, 6.07) is 20.3. The van der Waals surface area contributed by atoms with Crippen LogP contribution in [-0.2, 0) is 26.0 Å². The Morgan fingerprint density at radius 1 is 0.897 bits per heavy atom. The van der Waals surface area contributed by atoms with Crippen LogP contribution >= 0.6 is 0 Å². The Morgan fingerprint density at radius 2 is 1.66 bits per heavy atom. The minimum atomic E-state index is -3.76. The van der Waals surface area contributed by atoms with Gasteiger partial charge in [0.2, 0.25) is 10.0 Å². The Balaban J connectivity index is 1.61. The highest BCUT2D eigenvalue weighted by Crippen LogP contribution is 2.40. The summed E-state index contributed by atoms with van der Waals surface area (Å²) in [7, 11) is -3.76. The van der Waals surface area contributed by atoms with E-state index in [1.807, 2.05) is 54.6 Å². The number of fused-ring (bicyclic) bond motifs is 2. The molecule has 148 valence electrons. The van der Waals surface area contributed by atoms with Gasteiger partial charge in [-0.15, -0.1) is 0 Å². The summed E-state index contributed by atoms with van der Waals surface area (Å²) in [4.78, 5) is 12.1. The summed E-state index contributed by atoms with van der Waals surface area (Å²) in [6.07, 6.45) is 1.04. The highest BCUT2D eigenvalue weighted by molar-refractivity contribution is 7.89. The molecule has 0 aromatic heterocycles. The zero-order valence-corrected chi connectivity index (χ0v) is 16.6. The van der Waals surface area contributed by atoms with Gasteiger partial charge in [0.15, 0.2) is 0 Å². The lowest BCUT2D eigenvalue weighted by Crippen LogP contribution is -2.45. The minimum absolute atomic E-state index is 0.263. The lowest BCUT2D eigenvalue weighted by molar-refractivity contribution is -0.143. The molecule has 0 bridgehead atoms. The van der Waals surface area contributed by atoms with Crippen LogP contribution in [0, 0.1) is 0 Å². The van der Waals surface area contributed by atoms with Crippen LogP contribution in [0.1, 0.15) is 30.0 Å². The van der Waals surface area contributed by atoms with E-state index in [1.54, 1.807) is 12.1 Å². The summed E-state index contributed by atoms with van der Waals surface area (Å²) < 4.78 is 34.4. The second-order valence-electron chi connectivity index (χ2n) is 7.59. The fraction of sp³-hybridized carbons (Fsp3) is 0.261. The van der Waals surface area contributed by atoms with Crippen LogP contribution in [0.3, 0.4) is 0 Å². The van der Waals surface area contributed by atoms with Gasteiger partial charge in [0.05, 0.1) is 10.9 Å². The van der Waals surface area contributed by atoms with Crippen molar-refractivity contribution in [3.8, 4) is 0 Å². The molecule has 0 radical (unpaired) electrons. The van der Waals surface area contributed by atoms with Crippen LogP contribution in [0.15, 0.2) is 71.6 Å². The van der Waals surface area contributed by atoms with Crippen molar-refractivity contribution in [2.75, 3.05) is 6.54 Å². The molecule has 1 saturated heterocycles. The van der Waals surface area contributed by atoms with Crippen molar-refractivity contribution >= 4 is 26.8 Å². The largest absolute Gasteiger partial charge is 0.460 e. The predicted octanol–water partition coefficient (Wildman–Crippen LogP) is 3.83. The SMILES string of the molecule is O=C1CC[C@@H]([C@@H]2c3ccccc3CCN2S(=O)(=O)c2ccc3ccccc3c2)O1. The van der Waals surface area contributed by atoms with Crippen molar-refractivity contribution in [3.05, 3.63) is 77.9 Å². The third-order valence-electron chi connectivity index (χ3n) is 5.88. The normalized spacial score (nSPS) is 22.4. The summed E-state index contributed by atoms with van der Waals surface area (Å²) in [5.41, 5.74) is 2.05. The average Bonchev–Trinajstić information content (AvgIpc) is 3.18. The second-order valence-corrected chi connectivity index (χ2v) is 9.48. The highest BCUT2D eigenvalue weighted by Gasteiger charge is 2.44. The standard InChI is InChI=1S/C23H21NO4S/c25-22-12-11-21(28-22)23-20-8-4-3-6-17(20)13-14-24(23)29(26,27)19-10-9-16-5-1-2-7-18(16)15-19/h1-10,15,21,23H,11-14H2/t21-,23-/m0/s1. The molecule has 2 aliphatic heterocycles. The molecule has 0 amide bonds. The van der Waals surface area contributed by atoms with Gasteiger partial charge in [-0.1, -0.05) is 54.6 Å². The van der Waals surface area contributed by atoms with Crippen LogP contribution in [-0.4, -0.2) is 31.3 Å². The van der Waals surface area contributed by atoms with Gasteiger partial charge < -0.3 is 4.74 Å². The number of esters is 1.